The number of nitrogens with zero attached hydrogens (tertiary/aromatic N) is 1. The first-order valence-corrected chi connectivity index (χ1v) is 15.0. The third-order valence-corrected chi connectivity index (χ3v) is 6.72. The molecule has 2 N–H and O–H groups in total. The van der Waals surface area contributed by atoms with Gasteiger partial charge in [-0.15, -0.1) is 6.58 Å². The van der Waals surface area contributed by atoms with Crippen molar-refractivity contribution < 1.29 is 4.74 Å². The second kappa shape index (κ2) is 29.7. The van der Waals surface area contributed by atoms with Gasteiger partial charge in [0.05, 0.1) is 0 Å². The third kappa shape index (κ3) is 27.7. The monoisotopic (exact) mass is 466 g/mol. The SMILES string of the molecule is C=CCN(CCCCN)CCCOCCCCCCCCCCCCCCCCCCCC. The van der Waals surface area contributed by atoms with Crippen molar-refractivity contribution in [2.24, 2.45) is 5.73 Å². The quantitative estimate of drug-likeness (QED) is 0.0885. The molecule has 0 aromatic heterocycles. The van der Waals surface area contributed by atoms with E-state index in [-0.39, 0.29) is 0 Å². The van der Waals surface area contributed by atoms with E-state index in [1.165, 1.54) is 122 Å². The maximum atomic E-state index is 5.84. The molecule has 3 nitrogen and oxygen atoms in total. The third-order valence-electron chi connectivity index (χ3n) is 6.72. The van der Waals surface area contributed by atoms with Gasteiger partial charge in [-0.25, -0.2) is 0 Å². The molecule has 0 aromatic carbocycles. The summed E-state index contributed by atoms with van der Waals surface area (Å²) in [6.45, 7) is 12.0. The van der Waals surface area contributed by atoms with E-state index < -0.39 is 0 Å². The van der Waals surface area contributed by atoms with Crippen molar-refractivity contribution >= 4 is 0 Å². The molecule has 0 aliphatic rings. The molecule has 0 radical (unpaired) electrons. The Morgan fingerprint density at radius 1 is 0.576 bits per heavy atom. The normalized spacial score (nSPS) is 11.5. The molecule has 3 heteroatoms. The number of rotatable bonds is 29. The zero-order valence-corrected chi connectivity index (χ0v) is 22.8. The fraction of sp³-hybridized carbons (Fsp3) is 0.933. The molecular formula is C30H62N2O. The average Bonchev–Trinajstić information content (AvgIpc) is 2.82. The van der Waals surface area contributed by atoms with E-state index in [0.29, 0.717) is 0 Å². The van der Waals surface area contributed by atoms with Gasteiger partial charge in [0.25, 0.3) is 0 Å². The molecule has 0 bridgehead atoms. The second-order valence-corrected chi connectivity index (χ2v) is 10.1. The highest BCUT2D eigenvalue weighted by Gasteiger charge is 2.02. The van der Waals surface area contributed by atoms with Crippen LogP contribution < -0.4 is 5.73 Å². The van der Waals surface area contributed by atoms with E-state index >= 15 is 0 Å². The standard InChI is InChI=1S/C30H62N2O/c1-3-5-6-7-8-9-10-11-12-13-14-15-16-17-18-19-20-23-29-33-30-24-28-32(26-4-2)27-22-21-25-31/h4H,2-3,5-31H2,1H3. The summed E-state index contributed by atoms with van der Waals surface area (Å²) in [5.74, 6) is 0. The maximum Gasteiger partial charge on any atom is 0.0478 e. The Hall–Kier alpha value is -0.380. The van der Waals surface area contributed by atoms with Crippen LogP contribution in [0, 0.1) is 0 Å². The van der Waals surface area contributed by atoms with Crippen LogP contribution in [0.2, 0.25) is 0 Å². The second-order valence-electron chi connectivity index (χ2n) is 10.1. The van der Waals surface area contributed by atoms with E-state index in [2.05, 4.69) is 18.4 Å². The van der Waals surface area contributed by atoms with Crippen molar-refractivity contribution in [1.82, 2.24) is 4.90 Å². The number of nitrogens with two attached hydrogens (primary N) is 1. The summed E-state index contributed by atoms with van der Waals surface area (Å²) in [5, 5.41) is 0. The smallest absolute Gasteiger partial charge is 0.0478 e. The number of hydrogen-bond acceptors (Lipinski definition) is 3. The van der Waals surface area contributed by atoms with E-state index in [4.69, 9.17) is 10.5 Å². The minimum Gasteiger partial charge on any atom is -0.381 e. The molecule has 0 amide bonds. The first-order valence-electron chi connectivity index (χ1n) is 15.0. The van der Waals surface area contributed by atoms with Crippen LogP contribution in [0.25, 0.3) is 0 Å². The number of ether oxygens (including phenoxy) is 1. The fourth-order valence-corrected chi connectivity index (χ4v) is 4.55. The largest absolute Gasteiger partial charge is 0.381 e. The van der Waals surface area contributed by atoms with Gasteiger partial charge in [-0.1, -0.05) is 122 Å². The Balaban J connectivity index is 3.18. The lowest BCUT2D eigenvalue weighted by atomic mass is 10.0. The minimum atomic E-state index is 0.796. The van der Waals surface area contributed by atoms with Gasteiger partial charge in [-0.05, 0) is 38.8 Å². The Bertz CT molecular complexity index is 361. The summed E-state index contributed by atoms with van der Waals surface area (Å²) >= 11 is 0. The molecule has 0 heterocycles. The van der Waals surface area contributed by atoms with E-state index in [0.717, 1.165) is 52.2 Å². The van der Waals surface area contributed by atoms with Gasteiger partial charge in [0.15, 0.2) is 0 Å². The molecule has 0 saturated heterocycles. The molecule has 0 aliphatic heterocycles. The van der Waals surface area contributed by atoms with Crippen molar-refractivity contribution in [3.05, 3.63) is 12.7 Å². The summed E-state index contributed by atoms with van der Waals surface area (Å²) < 4.78 is 5.84. The van der Waals surface area contributed by atoms with Crippen LogP contribution in [0.4, 0.5) is 0 Å². The van der Waals surface area contributed by atoms with Crippen molar-refractivity contribution in [1.29, 1.82) is 0 Å². The molecule has 33 heavy (non-hydrogen) atoms. The molecule has 0 fully saturated rings. The highest BCUT2D eigenvalue weighted by molar-refractivity contribution is 4.73. The van der Waals surface area contributed by atoms with Crippen molar-refractivity contribution in [3.8, 4) is 0 Å². The van der Waals surface area contributed by atoms with Crippen LogP contribution in [0.5, 0.6) is 0 Å². The van der Waals surface area contributed by atoms with Gasteiger partial charge < -0.3 is 10.5 Å². The number of hydrogen-bond donors (Lipinski definition) is 1. The van der Waals surface area contributed by atoms with E-state index in [1.54, 1.807) is 0 Å². The zero-order chi connectivity index (χ0) is 24.1. The van der Waals surface area contributed by atoms with Crippen molar-refractivity contribution in [2.75, 3.05) is 39.4 Å². The highest BCUT2D eigenvalue weighted by Crippen LogP contribution is 2.14. The van der Waals surface area contributed by atoms with Crippen molar-refractivity contribution in [3.63, 3.8) is 0 Å². The summed E-state index contributed by atoms with van der Waals surface area (Å²) in [6.07, 6.45) is 31.1. The van der Waals surface area contributed by atoms with Crippen LogP contribution in [-0.2, 0) is 4.74 Å². The Morgan fingerprint density at radius 2 is 1.00 bits per heavy atom. The summed E-state index contributed by atoms with van der Waals surface area (Å²) in [4.78, 5) is 2.46. The molecule has 0 saturated carbocycles. The molecule has 0 aliphatic carbocycles. The Labute approximate surface area is 209 Å². The molecule has 0 rings (SSSR count). The van der Waals surface area contributed by atoms with Crippen LogP contribution in [0.1, 0.15) is 142 Å². The van der Waals surface area contributed by atoms with Crippen LogP contribution in [-0.4, -0.2) is 44.3 Å². The molecule has 0 unspecified atom stereocenters. The Kier molecular flexibility index (Phi) is 29.3. The first-order chi connectivity index (χ1) is 16.3. The topological polar surface area (TPSA) is 38.5 Å². The lowest BCUT2D eigenvalue weighted by Gasteiger charge is -2.20. The zero-order valence-electron chi connectivity index (χ0n) is 22.8. The lowest BCUT2D eigenvalue weighted by molar-refractivity contribution is 0.118. The highest BCUT2D eigenvalue weighted by atomic mass is 16.5. The molecule has 198 valence electrons. The minimum absolute atomic E-state index is 0.796. The summed E-state index contributed by atoms with van der Waals surface area (Å²) in [6, 6.07) is 0. The number of unbranched alkanes of at least 4 members (excludes halogenated alkanes) is 18. The molecule has 0 spiro atoms. The van der Waals surface area contributed by atoms with Gasteiger partial charge in [0.2, 0.25) is 0 Å². The molecule has 0 aromatic rings. The van der Waals surface area contributed by atoms with Gasteiger partial charge in [0, 0.05) is 26.3 Å². The first kappa shape index (κ1) is 32.6. The predicted molar refractivity (Wildman–Crippen MR) is 149 cm³/mol. The molecule has 0 atom stereocenters. The predicted octanol–water partition coefficient (Wildman–Crippen LogP) is 8.66. The lowest BCUT2D eigenvalue weighted by Crippen LogP contribution is -2.27. The summed E-state index contributed by atoms with van der Waals surface area (Å²) in [5.41, 5.74) is 5.59. The van der Waals surface area contributed by atoms with Crippen LogP contribution >= 0.6 is 0 Å². The van der Waals surface area contributed by atoms with Gasteiger partial charge in [-0.3, -0.25) is 4.90 Å². The average molecular weight is 467 g/mol. The van der Waals surface area contributed by atoms with E-state index in [1.807, 2.05) is 6.08 Å². The summed E-state index contributed by atoms with van der Waals surface area (Å²) in [7, 11) is 0. The maximum absolute atomic E-state index is 5.84. The van der Waals surface area contributed by atoms with Gasteiger partial charge in [-0.2, -0.15) is 0 Å². The van der Waals surface area contributed by atoms with Gasteiger partial charge in [0.1, 0.15) is 0 Å². The van der Waals surface area contributed by atoms with Crippen LogP contribution in [0.15, 0.2) is 12.7 Å². The Morgan fingerprint density at radius 3 is 1.45 bits per heavy atom. The molecular weight excluding hydrogens is 404 g/mol. The van der Waals surface area contributed by atoms with E-state index in [9.17, 15) is 0 Å². The van der Waals surface area contributed by atoms with Gasteiger partial charge >= 0.3 is 0 Å². The fourth-order valence-electron chi connectivity index (χ4n) is 4.55. The van der Waals surface area contributed by atoms with Crippen molar-refractivity contribution in [2.45, 2.75) is 142 Å². The van der Waals surface area contributed by atoms with Crippen LogP contribution in [0.3, 0.4) is 0 Å².